The molecule has 2 aromatic rings. The maximum Gasteiger partial charge on any atom is 0.273 e. The molecular weight excluding hydrogens is 370 g/mol. The largest absolute Gasteiger partial charge is 0.364 e. The molecule has 9 heteroatoms. The van der Waals surface area contributed by atoms with Gasteiger partial charge in [0.25, 0.3) is 5.91 Å². The van der Waals surface area contributed by atoms with Gasteiger partial charge in [-0.05, 0) is 62.4 Å². The molecule has 0 aliphatic heterocycles. The van der Waals surface area contributed by atoms with Crippen LogP contribution < -0.4 is 21.7 Å². The van der Waals surface area contributed by atoms with Crippen LogP contribution in [-0.4, -0.2) is 39.1 Å². The minimum atomic E-state index is -0.712. The smallest absolute Gasteiger partial charge is 0.273 e. The van der Waals surface area contributed by atoms with Gasteiger partial charge in [-0.3, -0.25) is 9.59 Å². The van der Waals surface area contributed by atoms with E-state index in [-0.39, 0.29) is 29.5 Å². The second-order valence-electron chi connectivity index (χ2n) is 7.18. The van der Waals surface area contributed by atoms with Gasteiger partial charge in [0.15, 0.2) is 11.5 Å². The van der Waals surface area contributed by atoms with Crippen molar-refractivity contribution in [1.82, 2.24) is 20.5 Å². The minimum absolute atomic E-state index is 0.0312. The number of nitrogens with one attached hydrogen (secondary N) is 3. The van der Waals surface area contributed by atoms with Crippen LogP contribution in [0.5, 0.6) is 0 Å². The number of amides is 2. The number of aryl methyl sites for hydroxylation is 2. The lowest BCUT2D eigenvalue weighted by Gasteiger charge is -2.15. The first-order chi connectivity index (χ1) is 13.9. The number of benzene rings is 1. The summed E-state index contributed by atoms with van der Waals surface area (Å²) in [6, 6.07) is 5.99. The van der Waals surface area contributed by atoms with Gasteiger partial charge in [-0.25, -0.2) is 0 Å². The zero-order valence-electron chi connectivity index (χ0n) is 16.5. The lowest BCUT2D eigenvalue weighted by molar-refractivity contribution is -0.117. The Morgan fingerprint density at radius 3 is 2.62 bits per heavy atom. The zero-order valence-corrected chi connectivity index (χ0v) is 16.5. The van der Waals surface area contributed by atoms with Crippen LogP contribution in [-0.2, 0) is 4.79 Å². The fourth-order valence-electron chi connectivity index (χ4n) is 3.28. The van der Waals surface area contributed by atoms with Gasteiger partial charge in [0.2, 0.25) is 11.9 Å². The fourth-order valence-corrected chi connectivity index (χ4v) is 3.28. The molecule has 1 aromatic heterocycles. The van der Waals surface area contributed by atoms with E-state index in [1.807, 2.05) is 32.0 Å². The maximum absolute atomic E-state index is 11.7. The Kier molecular flexibility index (Phi) is 6.06. The molecule has 29 heavy (non-hydrogen) atoms. The first-order valence-corrected chi connectivity index (χ1v) is 9.44. The van der Waals surface area contributed by atoms with Crippen LogP contribution in [0.25, 0.3) is 0 Å². The molecule has 1 unspecified atom stereocenters. The summed E-state index contributed by atoms with van der Waals surface area (Å²) in [6.07, 6.45) is 3.70. The molecule has 1 fully saturated rings. The highest BCUT2D eigenvalue weighted by Crippen LogP contribution is 2.24. The van der Waals surface area contributed by atoms with Crippen LogP contribution in [0.15, 0.2) is 30.9 Å². The predicted molar refractivity (Wildman–Crippen MR) is 111 cm³/mol. The molecule has 1 heterocycles. The lowest BCUT2D eigenvalue weighted by atomic mass is 10.1. The maximum atomic E-state index is 11.7. The van der Waals surface area contributed by atoms with E-state index in [0.717, 1.165) is 36.1 Å². The number of rotatable bonds is 7. The summed E-state index contributed by atoms with van der Waals surface area (Å²) < 4.78 is 0. The molecule has 1 aromatic carbocycles. The highest BCUT2D eigenvalue weighted by molar-refractivity contribution is 5.96. The lowest BCUT2D eigenvalue weighted by Crippen LogP contribution is -2.32. The molecule has 1 aliphatic carbocycles. The Morgan fingerprint density at radius 1 is 1.17 bits per heavy atom. The molecule has 1 aliphatic rings. The third-order valence-corrected chi connectivity index (χ3v) is 4.99. The Labute approximate surface area is 169 Å². The van der Waals surface area contributed by atoms with Crippen LogP contribution >= 0.6 is 0 Å². The molecule has 3 rings (SSSR count). The summed E-state index contributed by atoms with van der Waals surface area (Å²) in [5.74, 6) is -0.356. The Hall–Kier alpha value is -3.49. The average molecular weight is 395 g/mol. The average Bonchev–Trinajstić information content (AvgIpc) is 3.11. The number of hydrogen-bond acceptors (Lipinski definition) is 7. The normalized spacial score (nSPS) is 18.1. The summed E-state index contributed by atoms with van der Waals surface area (Å²) >= 11 is 0. The van der Waals surface area contributed by atoms with Crippen molar-refractivity contribution in [3.8, 4) is 0 Å². The third-order valence-electron chi connectivity index (χ3n) is 4.99. The predicted octanol–water partition coefficient (Wildman–Crippen LogP) is 1.97. The van der Waals surface area contributed by atoms with E-state index in [4.69, 9.17) is 5.73 Å². The van der Waals surface area contributed by atoms with Gasteiger partial charge in [0.05, 0.1) is 0 Å². The Bertz CT molecular complexity index is 944. The van der Waals surface area contributed by atoms with E-state index in [1.54, 1.807) is 0 Å². The SMILES string of the molecule is C=CC(=O)NC1CC[C@@H](Nc2nnc(C(N)=O)c(Nc3ccc(C)c(C)c3)n2)C1. The van der Waals surface area contributed by atoms with Gasteiger partial charge >= 0.3 is 0 Å². The van der Waals surface area contributed by atoms with Gasteiger partial charge in [-0.15, -0.1) is 10.2 Å². The van der Waals surface area contributed by atoms with Crippen LogP contribution in [0.3, 0.4) is 0 Å². The van der Waals surface area contributed by atoms with Gasteiger partial charge in [0.1, 0.15) is 0 Å². The minimum Gasteiger partial charge on any atom is -0.364 e. The zero-order chi connectivity index (χ0) is 21.0. The number of primary amides is 1. The fraction of sp³-hybridized carbons (Fsp3) is 0.350. The van der Waals surface area contributed by atoms with Crippen LogP contribution in [0.4, 0.5) is 17.5 Å². The van der Waals surface area contributed by atoms with E-state index in [2.05, 4.69) is 37.7 Å². The number of carbonyl (C=O) groups excluding carboxylic acids is 2. The van der Waals surface area contributed by atoms with Gasteiger partial charge < -0.3 is 21.7 Å². The van der Waals surface area contributed by atoms with E-state index in [1.165, 1.54) is 6.08 Å². The van der Waals surface area contributed by atoms with E-state index >= 15 is 0 Å². The summed E-state index contributed by atoms with van der Waals surface area (Å²) in [7, 11) is 0. The molecule has 2 atom stereocenters. The molecule has 2 amide bonds. The monoisotopic (exact) mass is 395 g/mol. The second kappa shape index (κ2) is 8.68. The van der Waals surface area contributed by atoms with E-state index in [9.17, 15) is 9.59 Å². The Morgan fingerprint density at radius 2 is 1.93 bits per heavy atom. The quantitative estimate of drug-likeness (QED) is 0.526. The summed E-state index contributed by atoms with van der Waals surface area (Å²) in [4.78, 5) is 27.6. The standard InChI is InChI=1S/C20H25N7O2/c1-4-16(28)22-14-7-8-15(10-14)24-20-25-19(17(18(21)29)26-27-20)23-13-6-5-11(2)12(3)9-13/h4-6,9,14-15H,1,7-8,10H2,2-3H3,(H2,21,29)(H,22,28)(H2,23,24,25,27)/t14?,15-/m1/s1. The second-order valence-corrected chi connectivity index (χ2v) is 7.18. The van der Waals surface area contributed by atoms with Gasteiger partial charge in [-0.1, -0.05) is 12.6 Å². The number of nitrogens with zero attached hydrogens (tertiary/aromatic N) is 3. The summed E-state index contributed by atoms with van der Waals surface area (Å²) in [6.45, 7) is 7.49. The third kappa shape index (κ3) is 5.07. The molecule has 0 radical (unpaired) electrons. The molecule has 0 bridgehead atoms. The molecule has 5 N–H and O–H groups in total. The molecule has 1 saturated carbocycles. The molecular formula is C20H25N7O2. The number of hydrogen-bond donors (Lipinski definition) is 4. The summed E-state index contributed by atoms with van der Waals surface area (Å²) in [5.41, 5.74) is 8.43. The van der Waals surface area contributed by atoms with Crippen molar-refractivity contribution in [2.24, 2.45) is 5.73 Å². The van der Waals surface area contributed by atoms with Crippen molar-refractivity contribution < 1.29 is 9.59 Å². The number of carbonyl (C=O) groups is 2. The van der Waals surface area contributed by atoms with Crippen LogP contribution in [0.2, 0.25) is 0 Å². The molecule has 0 spiro atoms. The molecule has 0 saturated heterocycles. The Balaban J connectivity index is 1.74. The first kappa shape index (κ1) is 20.2. The van der Waals surface area contributed by atoms with Crippen LogP contribution in [0, 0.1) is 13.8 Å². The van der Waals surface area contributed by atoms with Crippen molar-refractivity contribution in [3.05, 3.63) is 47.7 Å². The van der Waals surface area contributed by atoms with Crippen molar-refractivity contribution >= 4 is 29.3 Å². The van der Waals surface area contributed by atoms with Crippen molar-refractivity contribution in [3.63, 3.8) is 0 Å². The van der Waals surface area contributed by atoms with Crippen molar-refractivity contribution in [2.75, 3.05) is 10.6 Å². The van der Waals surface area contributed by atoms with Crippen molar-refractivity contribution in [2.45, 2.75) is 45.2 Å². The van der Waals surface area contributed by atoms with Gasteiger partial charge in [-0.2, -0.15) is 4.98 Å². The van der Waals surface area contributed by atoms with E-state index in [0.29, 0.717) is 5.95 Å². The topological polar surface area (TPSA) is 135 Å². The number of aromatic nitrogens is 3. The highest BCUT2D eigenvalue weighted by Gasteiger charge is 2.26. The number of anilines is 3. The van der Waals surface area contributed by atoms with Crippen molar-refractivity contribution in [1.29, 1.82) is 0 Å². The van der Waals surface area contributed by atoms with Crippen LogP contribution in [0.1, 0.15) is 40.9 Å². The van der Waals surface area contributed by atoms with Gasteiger partial charge in [0, 0.05) is 17.8 Å². The molecule has 152 valence electrons. The number of nitrogens with two attached hydrogens (primary N) is 1. The van der Waals surface area contributed by atoms with E-state index < -0.39 is 5.91 Å². The molecule has 9 nitrogen and oxygen atoms in total. The summed E-state index contributed by atoms with van der Waals surface area (Å²) in [5, 5.41) is 17.1. The first-order valence-electron chi connectivity index (χ1n) is 9.44. The highest BCUT2D eigenvalue weighted by atomic mass is 16.2.